The van der Waals surface area contributed by atoms with Crippen LogP contribution < -0.4 is 14.9 Å². The van der Waals surface area contributed by atoms with Gasteiger partial charge in [-0.15, -0.1) is 13.2 Å². The maximum atomic E-state index is 12.4. The summed E-state index contributed by atoms with van der Waals surface area (Å²) in [6, 6.07) is 16.6. The second-order valence-corrected chi connectivity index (χ2v) is 6.55. The van der Waals surface area contributed by atoms with Crippen LogP contribution in [0.15, 0.2) is 65.8 Å². The first kappa shape index (κ1) is 21.2. The number of fused-ring (bicyclic) bond motifs is 1. The summed E-state index contributed by atoms with van der Waals surface area (Å²) in [6.45, 7) is 1.76. The lowest BCUT2D eigenvalue weighted by Gasteiger charge is -2.11. The Morgan fingerprint density at radius 2 is 1.63 bits per heavy atom. The highest BCUT2D eigenvalue weighted by Crippen LogP contribution is 2.25. The minimum Gasteiger partial charge on any atom is -0.497 e. The van der Waals surface area contributed by atoms with Gasteiger partial charge in [-0.2, -0.15) is 5.10 Å². The Balaban J connectivity index is 1.62. The van der Waals surface area contributed by atoms with Gasteiger partial charge in [0.1, 0.15) is 11.5 Å². The van der Waals surface area contributed by atoms with E-state index in [2.05, 4.69) is 15.3 Å². The van der Waals surface area contributed by atoms with Crippen molar-refractivity contribution in [2.45, 2.75) is 19.2 Å². The molecule has 0 saturated carbocycles. The summed E-state index contributed by atoms with van der Waals surface area (Å²) in [5.41, 5.74) is 3.79. The molecule has 0 aromatic heterocycles. The van der Waals surface area contributed by atoms with Gasteiger partial charge in [0, 0.05) is 0 Å². The number of alkyl halides is 3. The first-order valence-electron chi connectivity index (χ1n) is 9.01. The van der Waals surface area contributed by atoms with Gasteiger partial charge in [-0.3, -0.25) is 4.79 Å². The van der Waals surface area contributed by atoms with Gasteiger partial charge in [0.05, 0.1) is 19.2 Å². The van der Waals surface area contributed by atoms with Crippen molar-refractivity contribution in [3.05, 3.63) is 71.8 Å². The fourth-order valence-corrected chi connectivity index (χ4v) is 2.81. The highest BCUT2D eigenvalue weighted by molar-refractivity contribution is 5.89. The molecular weight excluding hydrogens is 397 g/mol. The average Bonchev–Trinajstić information content (AvgIpc) is 2.72. The molecule has 0 radical (unpaired) electrons. The monoisotopic (exact) mass is 416 g/mol. The van der Waals surface area contributed by atoms with Crippen LogP contribution in [0.1, 0.15) is 24.0 Å². The van der Waals surface area contributed by atoms with Crippen LogP contribution in [0.5, 0.6) is 11.5 Å². The summed E-state index contributed by atoms with van der Waals surface area (Å²) in [5.74, 6) is -0.327. The molecule has 156 valence electrons. The molecule has 5 nitrogen and oxygen atoms in total. The summed E-state index contributed by atoms with van der Waals surface area (Å²) < 4.78 is 45.5. The third-order valence-corrected chi connectivity index (χ3v) is 4.47. The molecule has 3 rings (SSSR count). The minimum atomic E-state index is -4.74. The number of nitrogens with zero attached hydrogens (tertiary/aromatic N) is 1. The van der Waals surface area contributed by atoms with Crippen LogP contribution in [0, 0.1) is 0 Å². The smallest absolute Gasteiger partial charge is 0.497 e. The van der Waals surface area contributed by atoms with Crippen LogP contribution >= 0.6 is 0 Å². The van der Waals surface area contributed by atoms with E-state index < -0.39 is 12.3 Å². The van der Waals surface area contributed by atoms with Crippen molar-refractivity contribution >= 4 is 22.9 Å². The molecule has 30 heavy (non-hydrogen) atoms. The third kappa shape index (κ3) is 5.50. The van der Waals surface area contributed by atoms with Crippen LogP contribution in [0.25, 0.3) is 10.8 Å². The molecule has 0 heterocycles. The van der Waals surface area contributed by atoms with Gasteiger partial charge in [-0.25, -0.2) is 5.43 Å². The molecule has 0 aliphatic heterocycles. The van der Waals surface area contributed by atoms with E-state index in [0.717, 1.165) is 22.1 Å². The topological polar surface area (TPSA) is 59.9 Å². The lowest BCUT2D eigenvalue weighted by Crippen LogP contribution is -2.23. The van der Waals surface area contributed by atoms with Crippen LogP contribution in [-0.4, -0.2) is 25.6 Å². The summed E-state index contributed by atoms with van der Waals surface area (Å²) in [6.07, 6.45) is -3.40. The van der Waals surface area contributed by atoms with Crippen LogP contribution in [-0.2, 0) is 4.79 Å². The zero-order valence-electron chi connectivity index (χ0n) is 16.2. The van der Waals surface area contributed by atoms with E-state index in [-0.39, 0.29) is 11.7 Å². The Labute approximate surface area is 171 Å². The number of carbonyl (C=O) groups is 1. The van der Waals surface area contributed by atoms with Gasteiger partial charge in [-0.1, -0.05) is 24.3 Å². The largest absolute Gasteiger partial charge is 0.573 e. The zero-order valence-corrected chi connectivity index (χ0v) is 16.2. The Morgan fingerprint density at radius 3 is 2.30 bits per heavy atom. The molecule has 0 aliphatic rings. The Hall–Kier alpha value is -3.55. The molecule has 0 saturated heterocycles. The Morgan fingerprint density at radius 1 is 1.00 bits per heavy atom. The number of amides is 1. The van der Waals surface area contributed by atoms with E-state index in [0.29, 0.717) is 5.56 Å². The van der Waals surface area contributed by atoms with Crippen molar-refractivity contribution in [2.24, 2.45) is 5.10 Å². The van der Waals surface area contributed by atoms with E-state index >= 15 is 0 Å². The molecule has 3 aromatic carbocycles. The van der Waals surface area contributed by atoms with Crippen molar-refractivity contribution < 1.29 is 27.4 Å². The van der Waals surface area contributed by atoms with Crippen molar-refractivity contribution in [2.75, 3.05) is 7.11 Å². The number of hydrazone groups is 1. The van der Waals surface area contributed by atoms with Gasteiger partial charge >= 0.3 is 6.36 Å². The van der Waals surface area contributed by atoms with Gasteiger partial charge in [0.2, 0.25) is 5.91 Å². The van der Waals surface area contributed by atoms with Crippen LogP contribution in [0.4, 0.5) is 13.2 Å². The zero-order chi connectivity index (χ0) is 21.7. The van der Waals surface area contributed by atoms with E-state index in [1.807, 2.05) is 36.4 Å². The minimum absolute atomic E-state index is 0.309. The number of halogens is 3. The highest BCUT2D eigenvalue weighted by Gasteiger charge is 2.30. The molecule has 0 unspecified atom stereocenters. The first-order chi connectivity index (χ1) is 14.2. The summed E-state index contributed by atoms with van der Waals surface area (Å²) >= 11 is 0. The SMILES string of the molecule is COc1ccc2cc([C@H](C)C(=O)N/N=C/c3ccc(OC(F)(F)F)cc3)ccc2c1. The average molecular weight is 416 g/mol. The van der Waals surface area contributed by atoms with Gasteiger partial charge in [0.25, 0.3) is 0 Å². The molecule has 0 fully saturated rings. The van der Waals surface area contributed by atoms with Gasteiger partial charge < -0.3 is 9.47 Å². The number of carbonyl (C=O) groups excluding carboxylic acids is 1. The lowest BCUT2D eigenvalue weighted by molar-refractivity contribution is -0.274. The second kappa shape index (κ2) is 8.86. The van der Waals surface area contributed by atoms with Crippen molar-refractivity contribution in [1.82, 2.24) is 5.43 Å². The molecule has 0 aliphatic carbocycles. The van der Waals surface area contributed by atoms with Crippen LogP contribution in [0.3, 0.4) is 0 Å². The van der Waals surface area contributed by atoms with Crippen molar-refractivity contribution in [3.63, 3.8) is 0 Å². The lowest BCUT2D eigenvalue weighted by atomic mass is 9.97. The number of benzene rings is 3. The van der Waals surface area contributed by atoms with E-state index in [1.54, 1.807) is 14.0 Å². The number of rotatable bonds is 6. The van der Waals surface area contributed by atoms with Gasteiger partial charge in [0.15, 0.2) is 0 Å². The quantitative estimate of drug-likeness (QED) is 0.454. The van der Waals surface area contributed by atoms with Gasteiger partial charge in [-0.05, 0) is 65.2 Å². The second-order valence-electron chi connectivity index (χ2n) is 6.55. The predicted molar refractivity (Wildman–Crippen MR) is 108 cm³/mol. The maximum Gasteiger partial charge on any atom is 0.573 e. The number of hydrogen-bond acceptors (Lipinski definition) is 4. The molecule has 1 atom stereocenters. The molecular formula is C22H19F3N2O3. The number of methoxy groups -OCH3 is 1. The molecule has 3 aromatic rings. The van der Waals surface area contributed by atoms with E-state index in [9.17, 15) is 18.0 Å². The fourth-order valence-electron chi connectivity index (χ4n) is 2.81. The Kier molecular flexibility index (Phi) is 6.25. The van der Waals surface area contributed by atoms with Crippen LogP contribution in [0.2, 0.25) is 0 Å². The Bertz CT molecular complexity index is 1060. The normalized spacial score (nSPS) is 12.7. The standard InChI is InChI=1S/C22H19F3N2O3/c1-14(16-5-6-18-12-20(29-2)10-7-17(18)11-16)21(28)27-26-13-15-3-8-19(9-4-15)30-22(23,24)25/h3-14H,1-2H3,(H,27,28)/b26-13+/t14-/m0/s1. The highest BCUT2D eigenvalue weighted by atomic mass is 19.4. The van der Waals surface area contributed by atoms with E-state index in [4.69, 9.17) is 4.74 Å². The molecule has 1 amide bonds. The van der Waals surface area contributed by atoms with Crippen molar-refractivity contribution in [3.8, 4) is 11.5 Å². The molecule has 0 bridgehead atoms. The fraction of sp³-hybridized carbons (Fsp3) is 0.182. The first-order valence-corrected chi connectivity index (χ1v) is 9.01. The summed E-state index contributed by atoms with van der Waals surface area (Å²) in [4.78, 5) is 12.4. The predicted octanol–water partition coefficient (Wildman–Crippen LogP) is 5.00. The third-order valence-electron chi connectivity index (χ3n) is 4.47. The number of hydrogen-bond donors (Lipinski definition) is 1. The molecule has 1 N–H and O–H groups in total. The number of ether oxygens (including phenoxy) is 2. The summed E-state index contributed by atoms with van der Waals surface area (Å²) in [5, 5.41) is 5.86. The number of nitrogens with one attached hydrogen (secondary N) is 1. The summed E-state index contributed by atoms with van der Waals surface area (Å²) in [7, 11) is 1.60. The molecule has 8 heteroatoms. The van der Waals surface area contributed by atoms with E-state index in [1.165, 1.54) is 30.5 Å². The maximum absolute atomic E-state index is 12.4. The van der Waals surface area contributed by atoms with Crippen molar-refractivity contribution in [1.29, 1.82) is 0 Å². The molecule has 0 spiro atoms.